The molecule has 0 saturated carbocycles. The maximum atomic E-state index is 13.3. The number of carboxylic acids is 1. The van der Waals surface area contributed by atoms with E-state index in [0.29, 0.717) is 33.3 Å². The lowest BCUT2D eigenvalue weighted by molar-refractivity contribution is 0.0697. The van der Waals surface area contributed by atoms with Crippen LogP contribution in [-0.4, -0.2) is 30.2 Å². The fraction of sp³-hybridized carbons (Fsp3) is 0.0833. The molecule has 0 bridgehead atoms. The fourth-order valence-corrected chi connectivity index (χ4v) is 3.90. The van der Waals surface area contributed by atoms with Crippen LogP contribution in [0.15, 0.2) is 64.2 Å². The van der Waals surface area contributed by atoms with Crippen LogP contribution in [0.4, 0.5) is 0 Å². The van der Waals surface area contributed by atoms with Gasteiger partial charge in [0.05, 0.1) is 27.8 Å². The Bertz CT molecular complexity index is 1710. The highest BCUT2D eigenvalue weighted by molar-refractivity contribution is 5.87. The lowest BCUT2D eigenvalue weighted by atomic mass is 10.1. The molecule has 0 aliphatic rings. The number of nitrogens with one attached hydrogen (secondary N) is 1. The zero-order chi connectivity index (χ0) is 22.6. The number of aryl methyl sites for hydroxylation is 2. The maximum absolute atomic E-state index is 13.3. The van der Waals surface area contributed by atoms with Crippen molar-refractivity contribution < 1.29 is 9.90 Å². The average Bonchev–Trinajstić information content (AvgIpc) is 3.28. The highest BCUT2D eigenvalue weighted by atomic mass is 16.4. The summed E-state index contributed by atoms with van der Waals surface area (Å²) in [6.45, 7) is 3.57. The lowest BCUT2D eigenvalue weighted by Gasteiger charge is -2.01. The molecule has 0 radical (unpaired) electrons. The van der Waals surface area contributed by atoms with E-state index in [1.54, 1.807) is 29.5 Å². The predicted octanol–water partition coefficient (Wildman–Crippen LogP) is 2.19. The van der Waals surface area contributed by atoms with Crippen LogP contribution in [0.5, 0.6) is 0 Å². The van der Waals surface area contributed by atoms with Crippen molar-refractivity contribution >= 4 is 28.7 Å². The SMILES string of the molecule is Cc1[nH]n(-c2ccc(C(=O)O)cc2)c(=O)c1C=c1c(C)cc2nc3ccccc3n2c1=O. The van der Waals surface area contributed by atoms with E-state index in [-0.39, 0.29) is 16.7 Å². The Kier molecular flexibility index (Phi) is 4.30. The highest BCUT2D eigenvalue weighted by Gasteiger charge is 2.14. The largest absolute Gasteiger partial charge is 0.478 e. The summed E-state index contributed by atoms with van der Waals surface area (Å²) >= 11 is 0. The molecule has 2 N–H and O–H groups in total. The van der Waals surface area contributed by atoms with E-state index in [2.05, 4.69) is 10.1 Å². The number of aromatic nitrogens is 4. The number of imidazole rings is 1. The van der Waals surface area contributed by atoms with Crippen molar-refractivity contribution in [1.29, 1.82) is 0 Å². The number of rotatable bonds is 3. The van der Waals surface area contributed by atoms with E-state index in [0.717, 1.165) is 11.1 Å². The van der Waals surface area contributed by atoms with Crippen LogP contribution in [0.2, 0.25) is 0 Å². The van der Waals surface area contributed by atoms with Crippen molar-refractivity contribution in [2.75, 3.05) is 0 Å². The van der Waals surface area contributed by atoms with E-state index >= 15 is 0 Å². The number of aromatic amines is 1. The number of carboxylic acid groups (broad SMARTS) is 1. The summed E-state index contributed by atoms with van der Waals surface area (Å²) in [7, 11) is 0. The molecule has 0 aliphatic heterocycles. The summed E-state index contributed by atoms with van der Waals surface area (Å²) in [5.41, 5.74) is 3.72. The number of benzene rings is 2. The molecule has 5 rings (SSSR count). The Morgan fingerprint density at radius 1 is 1.03 bits per heavy atom. The number of aromatic carboxylic acids is 1. The van der Waals surface area contributed by atoms with Gasteiger partial charge in [0.15, 0.2) is 0 Å². The molecule has 5 aromatic rings. The van der Waals surface area contributed by atoms with Crippen molar-refractivity contribution in [3.8, 4) is 5.69 Å². The average molecular weight is 426 g/mol. The van der Waals surface area contributed by atoms with E-state index in [4.69, 9.17) is 5.11 Å². The molecule has 8 heteroatoms. The molecular weight excluding hydrogens is 408 g/mol. The second-order valence-corrected chi connectivity index (χ2v) is 7.63. The van der Waals surface area contributed by atoms with E-state index < -0.39 is 5.97 Å². The van der Waals surface area contributed by atoms with Gasteiger partial charge in [0, 0.05) is 10.9 Å². The Balaban J connectivity index is 1.72. The smallest absolute Gasteiger partial charge is 0.335 e. The van der Waals surface area contributed by atoms with Gasteiger partial charge in [-0.3, -0.25) is 19.1 Å². The molecule has 32 heavy (non-hydrogen) atoms. The standard InChI is InChI=1S/C24H18N4O4/c1-13-11-21-25-19-5-3-4-6-20(19)27(21)22(29)17(13)12-18-14(2)26-28(23(18)30)16-9-7-15(8-10-16)24(31)32/h3-12,26H,1-2H3,(H,31,32). The topological polar surface area (TPSA) is 109 Å². The molecule has 158 valence electrons. The summed E-state index contributed by atoms with van der Waals surface area (Å²) in [5.74, 6) is -1.04. The second-order valence-electron chi connectivity index (χ2n) is 7.63. The van der Waals surface area contributed by atoms with Crippen LogP contribution >= 0.6 is 0 Å². The predicted molar refractivity (Wildman–Crippen MR) is 121 cm³/mol. The summed E-state index contributed by atoms with van der Waals surface area (Å²) in [5, 5.41) is 12.5. The van der Waals surface area contributed by atoms with Crippen LogP contribution in [0, 0.1) is 13.8 Å². The van der Waals surface area contributed by atoms with Crippen LogP contribution in [0.25, 0.3) is 28.4 Å². The Labute approximate surface area is 180 Å². The molecule has 0 fully saturated rings. The first-order chi connectivity index (χ1) is 15.3. The third-order valence-corrected chi connectivity index (χ3v) is 5.57. The number of fused-ring (bicyclic) bond motifs is 3. The molecule has 0 saturated heterocycles. The third-order valence-electron chi connectivity index (χ3n) is 5.57. The monoisotopic (exact) mass is 426 g/mol. The van der Waals surface area contributed by atoms with Crippen molar-refractivity contribution in [2.45, 2.75) is 13.8 Å². The summed E-state index contributed by atoms with van der Waals surface area (Å²) < 4.78 is 2.89. The molecule has 0 unspecified atom stereocenters. The van der Waals surface area contributed by atoms with Gasteiger partial charge in [-0.15, -0.1) is 0 Å². The fourth-order valence-electron chi connectivity index (χ4n) is 3.90. The normalized spacial score (nSPS) is 12.1. The molecule has 0 amide bonds. The van der Waals surface area contributed by atoms with Gasteiger partial charge >= 0.3 is 5.97 Å². The highest BCUT2D eigenvalue weighted by Crippen LogP contribution is 2.14. The van der Waals surface area contributed by atoms with Crippen LogP contribution in [-0.2, 0) is 0 Å². The van der Waals surface area contributed by atoms with Gasteiger partial charge in [-0.05, 0) is 68.0 Å². The van der Waals surface area contributed by atoms with Crippen molar-refractivity contribution in [3.63, 3.8) is 0 Å². The number of carbonyl (C=O) groups is 1. The Morgan fingerprint density at radius 2 is 1.75 bits per heavy atom. The molecule has 3 heterocycles. The number of nitrogens with zero attached hydrogens (tertiary/aromatic N) is 3. The first-order valence-corrected chi connectivity index (χ1v) is 9.93. The van der Waals surface area contributed by atoms with Gasteiger partial charge < -0.3 is 5.11 Å². The molecule has 0 aliphatic carbocycles. The summed E-state index contributed by atoms with van der Waals surface area (Å²) in [6.07, 6.45) is 1.60. The third kappa shape index (κ3) is 2.92. The molecule has 3 aromatic heterocycles. The minimum Gasteiger partial charge on any atom is -0.478 e. The van der Waals surface area contributed by atoms with E-state index in [1.807, 2.05) is 37.3 Å². The molecular formula is C24H18N4O4. The summed E-state index contributed by atoms with van der Waals surface area (Å²) in [4.78, 5) is 42.1. The van der Waals surface area contributed by atoms with Gasteiger partial charge in [-0.2, -0.15) is 0 Å². The molecule has 2 aromatic carbocycles. The first kappa shape index (κ1) is 19.5. The van der Waals surface area contributed by atoms with Gasteiger partial charge in [0.1, 0.15) is 5.65 Å². The van der Waals surface area contributed by atoms with Crippen LogP contribution in [0.1, 0.15) is 27.2 Å². The minimum atomic E-state index is -1.04. The number of hydrogen-bond acceptors (Lipinski definition) is 4. The van der Waals surface area contributed by atoms with E-state index in [1.165, 1.54) is 16.8 Å². The Hall–Kier alpha value is -4.46. The summed E-state index contributed by atoms with van der Waals surface area (Å²) in [6, 6.07) is 15.2. The maximum Gasteiger partial charge on any atom is 0.335 e. The molecule has 8 nitrogen and oxygen atoms in total. The molecule has 0 atom stereocenters. The lowest BCUT2D eigenvalue weighted by Crippen LogP contribution is -2.33. The first-order valence-electron chi connectivity index (χ1n) is 9.93. The van der Waals surface area contributed by atoms with Crippen LogP contribution in [0.3, 0.4) is 0 Å². The number of pyridine rings is 1. The van der Waals surface area contributed by atoms with Crippen molar-refractivity contribution in [2.24, 2.45) is 0 Å². The van der Waals surface area contributed by atoms with Gasteiger partial charge in [0.2, 0.25) is 0 Å². The van der Waals surface area contributed by atoms with Gasteiger partial charge in [-0.1, -0.05) is 12.1 Å². The zero-order valence-electron chi connectivity index (χ0n) is 17.3. The second kappa shape index (κ2) is 7.05. The number of H-pyrrole nitrogens is 1. The number of hydrogen-bond donors (Lipinski definition) is 2. The number of para-hydroxylation sites is 2. The van der Waals surface area contributed by atoms with Crippen LogP contribution < -0.4 is 16.3 Å². The van der Waals surface area contributed by atoms with Crippen molar-refractivity contribution in [1.82, 2.24) is 19.2 Å². The van der Waals surface area contributed by atoms with Gasteiger partial charge in [-0.25, -0.2) is 14.5 Å². The Morgan fingerprint density at radius 3 is 2.47 bits per heavy atom. The minimum absolute atomic E-state index is 0.129. The van der Waals surface area contributed by atoms with Crippen molar-refractivity contribution in [3.05, 3.63) is 103 Å². The van der Waals surface area contributed by atoms with E-state index in [9.17, 15) is 14.4 Å². The molecule has 0 spiro atoms. The quantitative estimate of drug-likeness (QED) is 0.460. The zero-order valence-corrected chi connectivity index (χ0v) is 17.3. The van der Waals surface area contributed by atoms with Gasteiger partial charge in [0.25, 0.3) is 11.1 Å².